The molecule has 0 atom stereocenters. The number of carbonyl (C=O) groups is 1. The van der Waals surface area contributed by atoms with E-state index in [2.05, 4.69) is 27.3 Å². The summed E-state index contributed by atoms with van der Waals surface area (Å²) in [7, 11) is 0. The van der Waals surface area contributed by atoms with Crippen molar-refractivity contribution in [3.8, 4) is 5.69 Å². The standard InChI is InChI=1S/C23H27N5O2S/c1-2-18-8-6-7-11-20(18)24-22(29)17-31-23-26-25-21(16-27-12-14-30-15-13-27)28(23)19-9-4-3-5-10-19/h3-11H,2,12-17H2,1H3,(H,24,29). The van der Waals surface area contributed by atoms with Crippen LogP contribution in [0.2, 0.25) is 0 Å². The lowest BCUT2D eigenvalue weighted by molar-refractivity contribution is -0.113. The maximum atomic E-state index is 12.6. The van der Waals surface area contributed by atoms with E-state index in [1.54, 1.807) is 0 Å². The third-order valence-electron chi connectivity index (χ3n) is 5.19. The lowest BCUT2D eigenvalue weighted by Crippen LogP contribution is -2.36. The number of anilines is 1. The molecule has 1 aliphatic rings. The highest BCUT2D eigenvalue weighted by Crippen LogP contribution is 2.24. The van der Waals surface area contributed by atoms with Crippen LogP contribution in [0.4, 0.5) is 5.69 Å². The van der Waals surface area contributed by atoms with Crippen LogP contribution in [0.5, 0.6) is 0 Å². The van der Waals surface area contributed by atoms with E-state index in [4.69, 9.17) is 4.74 Å². The Morgan fingerprint density at radius 2 is 1.81 bits per heavy atom. The van der Waals surface area contributed by atoms with Gasteiger partial charge in [0.2, 0.25) is 5.91 Å². The molecular formula is C23H27N5O2S. The van der Waals surface area contributed by atoms with Gasteiger partial charge in [0, 0.05) is 24.5 Å². The molecule has 0 bridgehead atoms. The van der Waals surface area contributed by atoms with Gasteiger partial charge in [-0.2, -0.15) is 0 Å². The number of amides is 1. The molecule has 2 aromatic carbocycles. The van der Waals surface area contributed by atoms with Crippen molar-refractivity contribution in [2.24, 2.45) is 0 Å². The van der Waals surface area contributed by atoms with Gasteiger partial charge in [-0.1, -0.05) is 55.1 Å². The van der Waals surface area contributed by atoms with Crippen LogP contribution in [-0.2, 0) is 22.5 Å². The fourth-order valence-electron chi connectivity index (χ4n) is 3.56. The van der Waals surface area contributed by atoms with Crippen LogP contribution in [0.15, 0.2) is 59.8 Å². The molecule has 0 spiro atoms. The molecule has 0 aliphatic carbocycles. The molecule has 1 saturated heterocycles. The summed E-state index contributed by atoms with van der Waals surface area (Å²) in [4.78, 5) is 14.9. The summed E-state index contributed by atoms with van der Waals surface area (Å²) in [6.07, 6.45) is 0.872. The molecule has 1 amide bonds. The number of ether oxygens (including phenoxy) is 1. The number of hydrogen-bond donors (Lipinski definition) is 1. The first-order valence-electron chi connectivity index (χ1n) is 10.5. The number of carbonyl (C=O) groups excluding carboxylic acids is 1. The van der Waals surface area contributed by atoms with Crippen LogP contribution in [0.1, 0.15) is 18.3 Å². The van der Waals surface area contributed by atoms with Crippen LogP contribution in [0, 0.1) is 0 Å². The van der Waals surface area contributed by atoms with Crippen LogP contribution >= 0.6 is 11.8 Å². The van der Waals surface area contributed by atoms with Gasteiger partial charge in [-0.05, 0) is 30.2 Å². The fourth-order valence-corrected chi connectivity index (χ4v) is 4.33. The minimum Gasteiger partial charge on any atom is -0.379 e. The smallest absolute Gasteiger partial charge is 0.234 e. The lowest BCUT2D eigenvalue weighted by atomic mass is 10.1. The Kier molecular flexibility index (Phi) is 7.35. The predicted molar refractivity (Wildman–Crippen MR) is 123 cm³/mol. The SMILES string of the molecule is CCc1ccccc1NC(=O)CSc1nnc(CN2CCOCC2)n1-c1ccccc1. The molecule has 0 radical (unpaired) electrons. The fraction of sp³-hybridized carbons (Fsp3) is 0.348. The zero-order valence-corrected chi connectivity index (χ0v) is 18.5. The summed E-state index contributed by atoms with van der Waals surface area (Å²) in [5.41, 5.74) is 2.99. The van der Waals surface area contributed by atoms with Crippen molar-refractivity contribution in [2.75, 3.05) is 37.4 Å². The second-order valence-corrected chi connectivity index (χ2v) is 8.25. The number of aryl methyl sites for hydroxylation is 1. The van der Waals surface area contributed by atoms with Crippen molar-refractivity contribution in [3.63, 3.8) is 0 Å². The Morgan fingerprint density at radius 1 is 1.06 bits per heavy atom. The largest absolute Gasteiger partial charge is 0.379 e. The quantitative estimate of drug-likeness (QED) is 0.545. The highest BCUT2D eigenvalue weighted by molar-refractivity contribution is 7.99. The second-order valence-electron chi connectivity index (χ2n) is 7.31. The monoisotopic (exact) mass is 437 g/mol. The van der Waals surface area contributed by atoms with E-state index >= 15 is 0 Å². The van der Waals surface area contributed by atoms with Crippen molar-refractivity contribution in [2.45, 2.75) is 25.0 Å². The van der Waals surface area contributed by atoms with Crippen molar-refractivity contribution in [3.05, 3.63) is 66.0 Å². The molecule has 0 unspecified atom stereocenters. The van der Waals surface area contributed by atoms with Gasteiger partial charge in [0.1, 0.15) is 0 Å². The maximum Gasteiger partial charge on any atom is 0.234 e. The molecular weight excluding hydrogens is 410 g/mol. The van der Waals surface area contributed by atoms with Crippen molar-refractivity contribution in [1.82, 2.24) is 19.7 Å². The molecule has 1 fully saturated rings. The Bertz CT molecular complexity index is 1000. The molecule has 1 aromatic heterocycles. The summed E-state index contributed by atoms with van der Waals surface area (Å²) in [6, 6.07) is 17.9. The number of rotatable bonds is 8. The van der Waals surface area contributed by atoms with Crippen LogP contribution < -0.4 is 5.32 Å². The summed E-state index contributed by atoms with van der Waals surface area (Å²) in [5.74, 6) is 1.08. The summed E-state index contributed by atoms with van der Waals surface area (Å²) < 4.78 is 7.50. The number of morpholine rings is 1. The number of para-hydroxylation sites is 2. The minimum absolute atomic E-state index is 0.0526. The third kappa shape index (κ3) is 5.52. The van der Waals surface area contributed by atoms with E-state index in [9.17, 15) is 4.79 Å². The summed E-state index contributed by atoms with van der Waals surface area (Å²) in [6.45, 7) is 6.01. The van der Waals surface area contributed by atoms with Crippen molar-refractivity contribution in [1.29, 1.82) is 0 Å². The van der Waals surface area contributed by atoms with Crippen LogP contribution in [0.3, 0.4) is 0 Å². The zero-order chi connectivity index (χ0) is 21.5. The van der Waals surface area contributed by atoms with E-state index in [-0.39, 0.29) is 11.7 Å². The molecule has 162 valence electrons. The topological polar surface area (TPSA) is 72.3 Å². The number of hydrogen-bond acceptors (Lipinski definition) is 6. The Labute approximate surface area is 186 Å². The number of nitrogens with one attached hydrogen (secondary N) is 1. The average molecular weight is 438 g/mol. The normalized spacial score (nSPS) is 14.5. The molecule has 7 nitrogen and oxygen atoms in total. The Balaban J connectivity index is 1.49. The van der Waals surface area contributed by atoms with Gasteiger partial charge in [-0.3, -0.25) is 14.3 Å². The van der Waals surface area contributed by atoms with Gasteiger partial charge in [0.15, 0.2) is 11.0 Å². The Morgan fingerprint density at radius 3 is 2.58 bits per heavy atom. The molecule has 0 saturated carbocycles. The van der Waals surface area contributed by atoms with E-state index < -0.39 is 0 Å². The minimum atomic E-state index is -0.0526. The molecule has 1 N–H and O–H groups in total. The Hall–Kier alpha value is -2.68. The third-order valence-corrected chi connectivity index (χ3v) is 6.12. The number of benzene rings is 2. The van der Waals surface area contributed by atoms with Crippen molar-refractivity contribution >= 4 is 23.4 Å². The van der Waals surface area contributed by atoms with E-state index in [0.717, 1.165) is 55.5 Å². The number of nitrogens with zero attached hydrogens (tertiary/aromatic N) is 4. The van der Waals surface area contributed by atoms with Gasteiger partial charge in [0.25, 0.3) is 0 Å². The predicted octanol–water partition coefficient (Wildman–Crippen LogP) is 3.39. The molecule has 8 heteroatoms. The molecule has 3 aromatic rings. The molecule has 31 heavy (non-hydrogen) atoms. The molecule has 4 rings (SSSR count). The van der Waals surface area contributed by atoms with E-state index in [1.807, 2.05) is 59.2 Å². The molecule has 1 aliphatic heterocycles. The van der Waals surface area contributed by atoms with Gasteiger partial charge in [0.05, 0.1) is 25.5 Å². The highest BCUT2D eigenvalue weighted by atomic mass is 32.2. The van der Waals surface area contributed by atoms with Gasteiger partial charge >= 0.3 is 0 Å². The summed E-state index contributed by atoms with van der Waals surface area (Å²) in [5, 5.41) is 12.6. The first kappa shape index (κ1) is 21.5. The number of aromatic nitrogens is 3. The van der Waals surface area contributed by atoms with E-state index in [0.29, 0.717) is 11.7 Å². The zero-order valence-electron chi connectivity index (χ0n) is 17.7. The van der Waals surface area contributed by atoms with Crippen LogP contribution in [-0.4, -0.2) is 57.6 Å². The highest BCUT2D eigenvalue weighted by Gasteiger charge is 2.19. The average Bonchev–Trinajstić information content (AvgIpc) is 3.21. The van der Waals surface area contributed by atoms with Crippen LogP contribution in [0.25, 0.3) is 5.69 Å². The van der Waals surface area contributed by atoms with E-state index in [1.165, 1.54) is 11.8 Å². The maximum absolute atomic E-state index is 12.6. The van der Waals surface area contributed by atoms with Gasteiger partial charge < -0.3 is 10.1 Å². The van der Waals surface area contributed by atoms with Crippen molar-refractivity contribution < 1.29 is 9.53 Å². The summed E-state index contributed by atoms with van der Waals surface area (Å²) >= 11 is 1.40. The second kappa shape index (κ2) is 10.6. The van der Waals surface area contributed by atoms with Gasteiger partial charge in [-0.25, -0.2) is 0 Å². The number of thioether (sulfide) groups is 1. The lowest BCUT2D eigenvalue weighted by Gasteiger charge is -2.26. The first-order valence-corrected chi connectivity index (χ1v) is 11.5. The van der Waals surface area contributed by atoms with Gasteiger partial charge in [-0.15, -0.1) is 10.2 Å². The first-order chi connectivity index (χ1) is 15.2. The molecule has 2 heterocycles.